The van der Waals surface area contributed by atoms with Crippen LogP contribution in [-0.2, 0) is 33.3 Å². The van der Waals surface area contributed by atoms with Gasteiger partial charge in [-0.1, -0.05) is 23.7 Å². The van der Waals surface area contributed by atoms with E-state index < -0.39 is 35.3 Å². The molecule has 0 amide bonds. The van der Waals surface area contributed by atoms with Gasteiger partial charge in [-0.15, -0.1) is 0 Å². The fourth-order valence-electron chi connectivity index (χ4n) is 3.28. The average molecular weight is 539 g/mol. The van der Waals surface area contributed by atoms with Gasteiger partial charge in [0.15, 0.2) is 0 Å². The number of carbonyl (C=O) groups excluding carboxylic acids is 3. The smallest absolute Gasteiger partial charge is 0.338 e. The molecule has 0 fully saturated rings. The number of hydrogen-bond donors (Lipinski definition) is 0. The number of benzene rings is 1. The van der Waals surface area contributed by atoms with E-state index in [0.29, 0.717) is 16.9 Å². The topological polar surface area (TPSA) is 107 Å². The lowest BCUT2D eigenvalue weighted by atomic mass is 9.93. The molecular weight excluding hydrogens is 504 g/mol. The lowest BCUT2D eigenvalue weighted by Crippen LogP contribution is -2.27. The minimum atomic E-state index is -0.767. The average Bonchev–Trinajstić information content (AvgIpc) is 2.91. The molecule has 0 heterocycles. The summed E-state index contributed by atoms with van der Waals surface area (Å²) in [5.74, 6) is 10.0. The van der Waals surface area contributed by atoms with Crippen LogP contribution in [0.1, 0.15) is 56.1 Å². The zero-order valence-electron chi connectivity index (χ0n) is 24.0. The Labute approximate surface area is 229 Å². The van der Waals surface area contributed by atoms with Gasteiger partial charge in [0.05, 0.1) is 38.0 Å². The largest absolute Gasteiger partial charge is 0.494 e. The Bertz CT molecular complexity index is 1300. The van der Waals surface area contributed by atoms with Crippen molar-refractivity contribution in [3.05, 3.63) is 51.5 Å². The van der Waals surface area contributed by atoms with Crippen LogP contribution in [0.15, 0.2) is 34.8 Å². The molecule has 0 N–H and O–H groups in total. The van der Waals surface area contributed by atoms with E-state index in [1.54, 1.807) is 27.7 Å². The van der Waals surface area contributed by atoms with Crippen LogP contribution in [0.4, 0.5) is 0 Å². The third-order valence-electron chi connectivity index (χ3n) is 5.99. The van der Waals surface area contributed by atoms with Gasteiger partial charge in [-0.3, -0.25) is 9.59 Å². The highest BCUT2D eigenvalue weighted by Crippen LogP contribution is 2.28. The Morgan fingerprint density at radius 2 is 1.23 bits per heavy atom. The summed E-state index contributed by atoms with van der Waals surface area (Å²) < 4.78 is 31.9. The summed E-state index contributed by atoms with van der Waals surface area (Å²) in [6.07, 6.45) is 0. The van der Waals surface area contributed by atoms with Crippen molar-refractivity contribution >= 4 is 17.5 Å². The maximum absolute atomic E-state index is 13.2. The second-order valence-corrected chi connectivity index (χ2v) is 9.44. The fraction of sp³-hybridized carbons (Fsp3) is 0.433. The monoisotopic (exact) mass is 538 g/mol. The van der Waals surface area contributed by atoms with Gasteiger partial charge in [-0.2, -0.15) is 0 Å². The quantitative estimate of drug-likeness (QED) is 0.280. The minimum Gasteiger partial charge on any atom is -0.494 e. The number of methoxy groups -OCH3 is 5. The van der Waals surface area contributed by atoms with Gasteiger partial charge in [0, 0.05) is 25.4 Å². The SMILES string of the molecule is COC1=C(OC)C(=O)C(COC(=O)c2cc(C#CC(C)(C)OC)c(OC)c(C#CC(C)(C)OC)c2)=C(C)C1=O. The van der Waals surface area contributed by atoms with E-state index in [4.69, 9.17) is 28.4 Å². The summed E-state index contributed by atoms with van der Waals surface area (Å²) in [6.45, 7) is 8.18. The maximum atomic E-state index is 13.2. The molecular formula is C30H34O9. The van der Waals surface area contributed by atoms with E-state index in [2.05, 4.69) is 23.7 Å². The third kappa shape index (κ3) is 7.29. The van der Waals surface area contributed by atoms with E-state index >= 15 is 0 Å². The molecule has 0 unspecified atom stereocenters. The molecule has 0 spiro atoms. The van der Waals surface area contributed by atoms with Gasteiger partial charge in [0.1, 0.15) is 23.6 Å². The highest BCUT2D eigenvalue weighted by atomic mass is 16.5. The summed E-state index contributed by atoms with van der Waals surface area (Å²) in [5.41, 5.74) is -0.572. The first-order valence-corrected chi connectivity index (χ1v) is 11.9. The maximum Gasteiger partial charge on any atom is 0.338 e. The first-order valence-electron chi connectivity index (χ1n) is 11.9. The Kier molecular flexibility index (Phi) is 10.1. The predicted molar refractivity (Wildman–Crippen MR) is 143 cm³/mol. The Morgan fingerprint density at radius 3 is 1.64 bits per heavy atom. The number of Topliss-reactive ketones (excluding diaryl/α,β-unsaturated/α-hetero) is 2. The summed E-state index contributed by atoms with van der Waals surface area (Å²) in [4.78, 5) is 38.7. The Balaban J connectivity index is 2.54. The zero-order chi connectivity index (χ0) is 29.5. The molecule has 39 heavy (non-hydrogen) atoms. The molecule has 0 atom stereocenters. The lowest BCUT2D eigenvalue weighted by Gasteiger charge is -2.20. The number of ether oxygens (including phenoxy) is 6. The number of rotatable bonds is 8. The minimum absolute atomic E-state index is 0.0109. The molecule has 0 bridgehead atoms. The molecule has 208 valence electrons. The van der Waals surface area contributed by atoms with Crippen LogP contribution in [0, 0.1) is 23.7 Å². The highest BCUT2D eigenvalue weighted by molar-refractivity contribution is 6.23. The molecule has 1 aliphatic rings. The normalized spacial score (nSPS) is 13.8. The van der Waals surface area contributed by atoms with Crippen molar-refractivity contribution in [1.82, 2.24) is 0 Å². The summed E-state index contributed by atoms with van der Waals surface area (Å²) in [5, 5.41) is 0. The zero-order valence-corrected chi connectivity index (χ0v) is 24.0. The van der Waals surface area contributed by atoms with Crippen LogP contribution < -0.4 is 4.74 Å². The van der Waals surface area contributed by atoms with Crippen molar-refractivity contribution in [2.45, 2.75) is 45.8 Å². The molecule has 0 aromatic heterocycles. The van der Waals surface area contributed by atoms with Gasteiger partial charge in [0.2, 0.25) is 23.1 Å². The fourth-order valence-corrected chi connectivity index (χ4v) is 3.28. The number of allylic oxidation sites excluding steroid dienone is 2. The van der Waals surface area contributed by atoms with Crippen molar-refractivity contribution in [3.8, 4) is 29.4 Å². The number of carbonyl (C=O) groups is 3. The molecule has 1 aliphatic carbocycles. The van der Waals surface area contributed by atoms with Crippen molar-refractivity contribution in [1.29, 1.82) is 0 Å². The number of ketones is 2. The molecule has 9 heteroatoms. The third-order valence-corrected chi connectivity index (χ3v) is 5.99. The van der Waals surface area contributed by atoms with Crippen LogP contribution >= 0.6 is 0 Å². The molecule has 2 rings (SSSR count). The van der Waals surface area contributed by atoms with Crippen LogP contribution in [0.3, 0.4) is 0 Å². The molecule has 0 aliphatic heterocycles. The van der Waals surface area contributed by atoms with E-state index in [0.717, 1.165) is 0 Å². The molecule has 9 nitrogen and oxygen atoms in total. The van der Waals surface area contributed by atoms with E-state index in [1.165, 1.54) is 54.6 Å². The Morgan fingerprint density at radius 1 is 0.769 bits per heavy atom. The molecule has 0 saturated carbocycles. The van der Waals surface area contributed by atoms with E-state index in [9.17, 15) is 14.4 Å². The van der Waals surface area contributed by atoms with Crippen LogP contribution in [-0.4, -0.2) is 70.9 Å². The summed E-state index contributed by atoms with van der Waals surface area (Å²) in [7, 11) is 7.07. The second-order valence-electron chi connectivity index (χ2n) is 9.44. The number of hydrogen-bond acceptors (Lipinski definition) is 9. The van der Waals surface area contributed by atoms with Crippen molar-refractivity contribution in [2.75, 3.05) is 42.2 Å². The highest BCUT2D eigenvalue weighted by Gasteiger charge is 2.35. The van der Waals surface area contributed by atoms with Gasteiger partial charge < -0.3 is 28.4 Å². The first kappa shape index (κ1) is 31.2. The van der Waals surface area contributed by atoms with Gasteiger partial charge in [-0.25, -0.2) is 4.79 Å². The van der Waals surface area contributed by atoms with Crippen LogP contribution in [0.5, 0.6) is 5.75 Å². The van der Waals surface area contributed by atoms with Crippen molar-refractivity contribution in [3.63, 3.8) is 0 Å². The summed E-state index contributed by atoms with van der Waals surface area (Å²) in [6, 6.07) is 3.01. The molecule has 0 saturated heterocycles. The van der Waals surface area contributed by atoms with Gasteiger partial charge >= 0.3 is 5.97 Å². The summed E-state index contributed by atoms with van der Waals surface area (Å²) >= 11 is 0. The van der Waals surface area contributed by atoms with E-state index in [1.807, 2.05) is 0 Å². The van der Waals surface area contributed by atoms with Crippen molar-refractivity contribution < 1.29 is 42.8 Å². The van der Waals surface area contributed by atoms with Crippen LogP contribution in [0.2, 0.25) is 0 Å². The lowest BCUT2D eigenvalue weighted by molar-refractivity contribution is -0.121. The van der Waals surface area contributed by atoms with Gasteiger partial charge in [-0.05, 0) is 46.8 Å². The standard InChI is InChI=1S/C30H34O9/c1-18-22(24(32)27(36-8)26(35-7)23(18)31)17-39-28(33)21-15-19(11-13-29(2,3)37-9)25(34-6)20(16-21)12-14-30(4,5)38-10/h15-16H,17H2,1-10H3. The van der Waals surface area contributed by atoms with E-state index in [-0.39, 0.29) is 28.2 Å². The first-order chi connectivity index (χ1) is 18.2. The predicted octanol–water partition coefficient (Wildman–Crippen LogP) is 3.38. The van der Waals surface area contributed by atoms with Crippen LogP contribution in [0.25, 0.3) is 0 Å². The Hall–Kier alpha value is -4.05. The molecule has 1 aromatic rings. The molecule has 1 aromatic carbocycles. The number of esters is 1. The second kappa shape index (κ2) is 12.7. The van der Waals surface area contributed by atoms with Gasteiger partial charge in [0.25, 0.3) is 0 Å². The molecule has 0 radical (unpaired) electrons. The van der Waals surface area contributed by atoms with Crippen molar-refractivity contribution in [2.24, 2.45) is 0 Å².